The molecule has 1 aromatic rings. The van der Waals surface area contributed by atoms with E-state index >= 15 is 0 Å². The number of hydrogen-bond acceptors (Lipinski definition) is 4. The zero-order valence-electron chi connectivity index (χ0n) is 11.6. The third kappa shape index (κ3) is 4.28. The molecule has 0 atom stereocenters. The highest BCUT2D eigenvalue weighted by molar-refractivity contribution is 9.11. The average molecular weight is 396 g/mol. The van der Waals surface area contributed by atoms with Gasteiger partial charge in [-0.15, -0.1) is 11.3 Å². The molecule has 0 unspecified atom stereocenters. The molecular formula is C13H18BrNO4S2. The summed E-state index contributed by atoms with van der Waals surface area (Å²) < 4.78 is 28.0. The monoisotopic (exact) mass is 395 g/mol. The van der Waals surface area contributed by atoms with Gasteiger partial charge in [0.25, 0.3) is 0 Å². The van der Waals surface area contributed by atoms with Crippen molar-refractivity contribution in [3.05, 3.63) is 14.7 Å². The van der Waals surface area contributed by atoms with E-state index in [1.54, 1.807) is 13.0 Å². The third-order valence-corrected chi connectivity index (χ3v) is 7.12. The molecule has 5 nitrogen and oxygen atoms in total. The van der Waals surface area contributed by atoms with Crippen LogP contribution in [0.15, 0.2) is 14.7 Å². The number of aliphatic carboxylic acids is 1. The van der Waals surface area contributed by atoms with E-state index in [-0.39, 0.29) is 11.8 Å². The van der Waals surface area contributed by atoms with Crippen molar-refractivity contribution in [3.8, 4) is 0 Å². The number of nitrogens with one attached hydrogen (secondary N) is 1. The molecule has 0 spiro atoms. The van der Waals surface area contributed by atoms with Crippen LogP contribution in [0.2, 0.25) is 0 Å². The number of carboxylic acids is 1. The molecule has 1 aromatic heterocycles. The predicted octanol–water partition coefficient (Wildman–Crippen LogP) is 2.99. The summed E-state index contributed by atoms with van der Waals surface area (Å²) in [5, 5.41) is 8.95. The Morgan fingerprint density at radius 3 is 2.52 bits per heavy atom. The van der Waals surface area contributed by atoms with Gasteiger partial charge in [0.1, 0.15) is 0 Å². The van der Waals surface area contributed by atoms with E-state index < -0.39 is 16.0 Å². The van der Waals surface area contributed by atoms with Gasteiger partial charge in [-0.25, -0.2) is 13.1 Å². The van der Waals surface area contributed by atoms with Gasteiger partial charge >= 0.3 is 5.97 Å². The van der Waals surface area contributed by atoms with Crippen molar-refractivity contribution in [2.75, 3.05) is 6.54 Å². The fourth-order valence-electron chi connectivity index (χ4n) is 2.62. The molecule has 21 heavy (non-hydrogen) atoms. The summed E-state index contributed by atoms with van der Waals surface area (Å²) in [6.45, 7) is 2.16. The predicted molar refractivity (Wildman–Crippen MR) is 85.0 cm³/mol. The van der Waals surface area contributed by atoms with Gasteiger partial charge < -0.3 is 5.11 Å². The van der Waals surface area contributed by atoms with Crippen LogP contribution in [0.1, 0.15) is 30.6 Å². The standard InChI is InChI=1S/C13H18BrNO4S2/c1-8-11(6-12(14)20-8)21(18,19)15-7-9-2-4-10(5-3-9)13(16)17/h6,9-10,15H,2-5,7H2,1H3,(H,16,17). The van der Waals surface area contributed by atoms with Crippen LogP contribution < -0.4 is 4.72 Å². The van der Waals surface area contributed by atoms with Crippen LogP contribution in [-0.4, -0.2) is 26.0 Å². The van der Waals surface area contributed by atoms with Gasteiger partial charge in [0.2, 0.25) is 10.0 Å². The highest BCUT2D eigenvalue weighted by atomic mass is 79.9. The second-order valence-electron chi connectivity index (χ2n) is 5.38. The molecular weight excluding hydrogens is 378 g/mol. The summed E-state index contributed by atoms with van der Waals surface area (Å²) in [5.41, 5.74) is 0. The number of carbonyl (C=O) groups is 1. The first-order valence-corrected chi connectivity index (χ1v) is 9.87. The Kier molecular flexibility index (Phi) is 5.45. The zero-order chi connectivity index (χ0) is 15.6. The Morgan fingerprint density at radius 2 is 2.05 bits per heavy atom. The van der Waals surface area contributed by atoms with E-state index in [0.29, 0.717) is 24.3 Å². The molecule has 1 saturated carbocycles. The lowest BCUT2D eigenvalue weighted by atomic mass is 9.82. The van der Waals surface area contributed by atoms with E-state index in [9.17, 15) is 13.2 Å². The molecule has 2 rings (SSSR count). The molecule has 0 radical (unpaired) electrons. The van der Waals surface area contributed by atoms with Gasteiger partial charge in [0.15, 0.2) is 0 Å². The van der Waals surface area contributed by atoms with E-state index in [4.69, 9.17) is 5.11 Å². The number of aryl methyl sites for hydroxylation is 1. The van der Waals surface area contributed by atoms with Crippen LogP contribution in [0.5, 0.6) is 0 Å². The summed E-state index contributed by atoms with van der Waals surface area (Å²) in [6, 6.07) is 1.61. The maximum absolute atomic E-state index is 12.3. The normalized spacial score (nSPS) is 23.1. The van der Waals surface area contributed by atoms with Crippen LogP contribution in [0.3, 0.4) is 0 Å². The number of sulfonamides is 1. The lowest BCUT2D eigenvalue weighted by molar-refractivity contribution is -0.143. The number of thiophene rings is 1. The van der Waals surface area contributed by atoms with Crippen molar-refractivity contribution in [2.45, 2.75) is 37.5 Å². The highest BCUT2D eigenvalue weighted by Crippen LogP contribution is 2.31. The molecule has 0 aromatic carbocycles. The second-order valence-corrected chi connectivity index (χ2v) is 9.75. The van der Waals surface area contributed by atoms with E-state index in [2.05, 4.69) is 20.7 Å². The first-order valence-electron chi connectivity index (χ1n) is 6.78. The van der Waals surface area contributed by atoms with E-state index in [0.717, 1.165) is 21.5 Å². The van der Waals surface area contributed by atoms with Gasteiger partial charge in [-0.05, 0) is 60.5 Å². The Bertz CT molecular complexity index is 618. The molecule has 0 aliphatic heterocycles. The molecule has 8 heteroatoms. The molecule has 2 N–H and O–H groups in total. The van der Waals surface area contributed by atoms with E-state index in [1.165, 1.54) is 11.3 Å². The minimum atomic E-state index is -3.49. The SMILES string of the molecule is Cc1sc(Br)cc1S(=O)(=O)NCC1CCC(C(=O)O)CC1. The number of carboxylic acid groups (broad SMARTS) is 1. The van der Waals surface area contributed by atoms with Crippen molar-refractivity contribution in [1.29, 1.82) is 0 Å². The number of hydrogen-bond donors (Lipinski definition) is 2. The Morgan fingerprint density at radius 1 is 1.43 bits per heavy atom. The smallest absolute Gasteiger partial charge is 0.306 e. The molecule has 0 bridgehead atoms. The Hall–Kier alpha value is -0.440. The highest BCUT2D eigenvalue weighted by Gasteiger charge is 2.27. The summed E-state index contributed by atoms with van der Waals surface area (Å²) >= 11 is 4.69. The minimum absolute atomic E-state index is 0.220. The van der Waals surface area contributed by atoms with Gasteiger partial charge in [-0.2, -0.15) is 0 Å². The van der Waals surface area contributed by atoms with Crippen LogP contribution in [0.25, 0.3) is 0 Å². The first-order chi connectivity index (χ1) is 9.79. The van der Waals surface area contributed by atoms with E-state index in [1.807, 2.05) is 0 Å². The first kappa shape index (κ1) is 16.9. The molecule has 1 heterocycles. The lowest BCUT2D eigenvalue weighted by Gasteiger charge is -2.26. The molecule has 118 valence electrons. The van der Waals surface area contributed by atoms with Crippen LogP contribution in [-0.2, 0) is 14.8 Å². The van der Waals surface area contributed by atoms with Gasteiger partial charge in [-0.3, -0.25) is 4.79 Å². The van der Waals surface area contributed by atoms with Crippen molar-refractivity contribution in [2.24, 2.45) is 11.8 Å². The topological polar surface area (TPSA) is 83.5 Å². The molecule has 0 amide bonds. The van der Waals surface area contributed by atoms with Crippen molar-refractivity contribution in [3.63, 3.8) is 0 Å². The molecule has 1 aliphatic carbocycles. The lowest BCUT2D eigenvalue weighted by Crippen LogP contribution is -2.32. The summed E-state index contributed by atoms with van der Waals surface area (Å²) in [5.74, 6) is -0.793. The maximum atomic E-state index is 12.3. The number of rotatable bonds is 5. The summed E-state index contributed by atoms with van der Waals surface area (Å²) in [6.07, 6.45) is 2.77. The summed E-state index contributed by atoms with van der Waals surface area (Å²) in [7, 11) is -3.49. The van der Waals surface area contributed by atoms with Gasteiger partial charge in [0.05, 0.1) is 14.6 Å². The van der Waals surface area contributed by atoms with Crippen molar-refractivity contribution < 1.29 is 18.3 Å². The number of halogens is 1. The van der Waals surface area contributed by atoms with Crippen LogP contribution >= 0.6 is 27.3 Å². The van der Waals surface area contributed by atoms with Crippen molar-refractivity contribution >= 4 is 43.3 Å². The van der Waals surface area contributed by atoms with Crippen molar-refractivity contribution in [1.82, 2.24) is 4.72 Å². The molecule has 1 fully saturated rings. The molecule has 1 aliphatic rings. The fraction of sp³-hybridized carbons (Fsp3) is 0.615. The zero-order valence-corrected chi connectivity index (χ0v) is 14.9. The second kappa shape index (κ2) is 6.76. The fourth-order valence-corrected chi connectivity index (χ4v) is 6.14. The average Bonchev–Trinajstić information content (AvgIpc) is 2.77. The van der Waals surface area contributed by atoms with Crippen LogP contribution in [0.4, 0.5) is 0 Å². The van der Waals surface area contributed by atoms with Gasteiger partial charge in [-0.1, -0.05) is 0 Å². The Labute approximate surface area is 136 Å². The third-order valence-electron chi connectivity index (χ3n) is 3.89. The minimum Gasteiger partial charge on any atom is -0.481 e. The molecule has 0 saturated heterocycles. The Balaban J connectivity index is 1.91. The largest absolute Gasteiger partial charge is 0.481 e. The van der Waals surface area contributed by atoms with Crippen LogP contribution in [0, 0.1) is 18.8 Å². The quantitative estimate of drug-likeness (QED) is 0.802. The maximum Gasteiger partial charge on any atom is 0.306 e. The summed E-state index contributed by atoms with van der Waals surface area (Å²) in [4.78, 5) is 12.0. The van der Waals surface area contributed by atoms with Gasteiger partial charge in [0, 0.05) is 11.4 Å².